The topological polar surface area (TPSA) is 95.6 Å². The first-order valence-corrected chi connectivity index (χ1v) is 8.06. The molecule has 0 bridgehead atoms. The van der Waals surface area contributed by atoms with Gasteiger partial charge in [-0.15, -0.1) is 0 Å². The van der Waals surface area contributed by atoms with Crippen LogP contribution in [0.25, 0.3) is 16.9 Å². The van der Waals surface area contributed by atoms with E-state index in [0.29, 0.717) is 16.7 Å². The Hall–Kier alpha value is -4.19. The molecule has 0 amide bonds. The fraction of sp³-hybridized carbons (Fsp3) is 0. The molecule has 0 fully saturated rings. The molecule has 0 atom stereocenters. The Morgan fingerprint density at radius 3 is 2.57 bits per heavy atom. The summed E-state index contributed by atoms with van der Waals surface area (Å²) < 4.78 is 29.5. The molecule has 0 spiro atoms. The maximum absolute atomic E-state index is 13.7. The lowest BCUT2D eigenvalue weighted by Crippen LogP contribution is -2.18. The molecule has 2 aromatic carbocycles. The summed E-state index contributed by atoms with van der Waals surface area (Å²) in [6.07, 6.45) is 4.01. The zero-order valence-electron chi connectivity index (χ0n) is 14.2. The van der Waals surface area contributed by atoms with Crippen molar-refractivity contribution >= 4 is 17.4 Å². The van der Waals surface area contributed by atoms with Crippen molar-refractivity contribution in [1.82, 2.24) is 19.2 Å². The van der Waals surface area contributed by atoms with Crippen LogP contribution in [0.3, 0.4) is 0 Å². The van der Waals surface area contributed by atoms with Crippen molar-refractivity contribution in [1.29, 1.82) is 10.7 Å². The van der Waals surface area contributed by atoms with Crippen molar-refractivity contribution < 1.29 is 8.78 Å². The summed E-state index contributed by atoms with van der Waals surface area (Å²) in [5.74, 6) is -1.44. The normalized spacial score (nSPS) is 11.2. The van der Waals surface area contributed by atoms with Gasteiger partial charge in [-0.2, -0.15) is 10.4 Å². The minimum absolute atomic E-state index is 0.0452. The smallest absolute Gasteiger partial charge is 0.177 e. The molecule has 7 nitrogen and oxygen atoms in total. The van der Waals surface area contributed by atoms with E-state index >= 15 is 0 Å². The summed E-state index contributed by atoms with van der Waals surface area (Å²) in [4.78, 5) is 8.49. The molecule has 28 heavy (non-hydrogen) atoms. The molecule has 0 aliphatic rings. The second-order valence-electron chi connectivity index (χ2n) is 5.79. The number of nitrogens with one attached hydrogen (secondary N) is 1. The van der Waals surface area contributed by atoms with E-state index in [1.54, 1.807) is 28.8 Å². The van der Waals surface area contributed by atoms with E-state index in [-0.39, 0.29) is 11.1 Å². The fourth-order valence-corrected chi connectivity index (χ4v) is 2.61. The second-order valence-corrected chi connectivity index (χ2v) is 5.79. The number of nitrogens with zero attached hydrogens (tertiary/aromatic N) is 6. The third kappa shape index (κ3) is 3.03. The highest BCUT2D eigenvalue weighted by atomic mass is 19.1. The lowest BCUT2D eigenvalue weighted by Gasteiger charge is -2.04. The van der Waals surface area contributed by atoms with E-state index in [9.17, 15) is 8.78 Å². The Bertz CT molecular complexity index is 1310. The number of imidazole rings is 1. The van der Waals surface area contributed by atoms with Crippen molar-refractivity contribution in [2.45, 2.75) is 0 Å². The summed E-state index contributed by atoms with van der Waals surface area (Å²) in [6, 6.07) is 12.0. The average molecular weight is 375 g/mol. The van der Waals surface area contributed by atoms with Crippen LogP contribution >= 0.6 is 0 Å². The van der Waals surface area contributed by atoms with Gasteiger partial charge in [-0.25, -0.2) is 23.4 Å². The van der Waals surface area contributed by atoms with Gasteiger partial charge in [0.05, 0.1) is 17.8 Å². The number of aromatic nitrogens is 4. The summed E-state index contributed by atoms with van der Waals surface area (Å²) >= 11 is 0. The number of hydrogen-bond acceptors (Lipinski definition) is 5. The van der Waals surface area contributed by atoms with Gasteiger partial charge in [-0.3, -0.25) is 9.98 Å². The van der Waals surface area contributed by atoms with Gasteiger partial charge in [-0.1, -0.05) is 0 Å². The molecule has 2 heterocycles. The molecule has 4 aromatic rings. The fourth-order valence-electron chi connectivity index (χ4n) is 2.61. The molecule has 4 rings (SSSR count). The highest BCUT2D eigenvalue weighted by Gasteiger charge is 2.10. The zero-order valence-corrected chi connectivity index (χ0v) is 14.2. The molecular weight excluding hydrogens is 364 g/mol. The molecule has 0 saturated heterocycles. The van der Waals surface area contributed by atoms with Gasteiger partial charge in [0.1, 0.15) is 24.3 Å². The zero-order chi connectivity index (χ0) is 19.7. The molecule has 0 saturated carbocycles. The number of benzene rings is 2. The quantitative estimate of drug-likeness (QED) is 0.558. The number of fused-ring (bicyclic) bond motifs is 1. The summed E-state index contributed by atoms with van der Waals surface area (Å²) in [7, 11) is 0. The van der Waals surface area contributed by atoms with Gasteiger partial charge in [0.15, 0.2) is 16.7 Å². The molecule has 136 valence electrons. The van der Waals surface area contributed by atoms with Crippen LogP contribution in [0.4, 0.5) is 8.78 Å². The Kier molecular flexibility index (Phi) is 4.21. The molecular formula is C19H11F2N7. The first kappa shape index (κ1) is 17.2. The van der Waals surface area contributed by atoms with Crippen LogP contribution in [-0.4, -0.2) is 25.4 Å². The predicted octanol–water partition coefficient (Wildman–Crippen LogP) is 2.73. The van der Waals surface area contributed by atoms with Crippen molar-refractivity contribution in [3.63, 3.8) is 0 Å². The van der Waals surface area contributed by atoms with Crippen LogP contribution in [0.2, 0.25) is 0 Å². The largest absolute Gasteiger partial charge is 0.283 e. The van der Waals surface area contributed by atoms with Crippen LogP contribution in [0.1, 0.15) is 11.1 Å². The van der Waals surface area contributed by atoms with E-state index in [2.05, 4.69) is 21.1 Å². The van der Waals surface area contributed by atoms with Crippen LogP contribution in [0, 0.1) is 28.4 Å². The standard InChI is InChI=1S/C19H11F2N7/c20-14-4-3-13(16(21)7-14)9-26-28-11-25-19-17(18(28)23)24-10-27(19)15-5-1-12(8-22)2-6-15/h1-7,9-11,23H/b23-18?,26-9-. The monoisotopic (exact) mass is 375 g/mol. The second kappa shape index (κ2) is 6.85. The number of nitriles is 1. The van der Waals surface area contributed by atoms with Crippen LogP contribution in [0.5, 0.6) is 0 Å². The van der Waals surface area contributed by atoms with Gasteiger partial charge >= 0.3 is 0 Å². The van der Waals surface area contributed by atoms with E-state index in [4.69, 9.17) is 10.7 Å². The van der Waals surface area contributed by atoms with Crippen molar-refractivity contribution in [2.24, 2.45) is 5.10 Å². The predicted molar refractivity (Wildman–Crippen MR) is 96.8 cm³/mol. The first-order valence-electron chi connectivity index (χ1n) is 8.06. The Morgan fingerprint density at radius 2 is 1.86 bits per heavy atom. The first-order chi connectivity index (χ1) is 13.6. The van der Waals surface area contributed by atoms with Gasteiger partial charge in [0.2, 0.25) is 0 Å². The summed E-state index contributed by atoms with van der Waals surface area (Å²) in [5.41, 5.74) is 2.04. The van der Waals surface area contributed by atoms with Crippen LogP contribution in [-0.2, 0) is 0 Å². The molecule has 0 aliphatic carbocycles. The third-order valence-electron chi connectivity index (χ3n) is 4.04. The number of rotatable bonds is 3. The lowest BCUT2D eigenvalue weighted by atomic mass is 10.2. The lowest BCUT2D eigenvalue weighted by molar-refractivity contribution is 0.582. The van der Waals surface area contributed by atoms with Gasteiger partial charge < -0.3 is 0 Å². The molecule has 0 aliphatic heterocycles. The average Bonchev–Trinajstić information content (AvgIpc) is 3.13. The van der Waals surface area contributed by atoms with Gasteiger partial charge in [-0.05, 0) is 36.4 Å². The van der Waals surface area contributed by atoms with E-state index in [0.717, 1.165) is 22.5 Å². The Labute approximate surface area is 157 Å². The van der Waals surface area contributed by atoms with Crippen LogP contribution < -0.4 is 5.49 Å². The molecule has 0 radical (unpaired) electrons. The number of halogens is 2. The summed E-state index contributed by atoms with van der Waals surface area (Å²) in [5, 5.41) is 21.2. The SMILES string of the molecule is N#Cc1ccc(-n2cnc3c(=N)n(/N=C\c4ccc(F)cc4F)cnc32)cc1. The van der Waals surface area contributed by atoms with Gasteiger partial charge in [0, 0.05) is 17.3 Å². The third-order valence-corrected chi connectivity index (χ3v) is 4.04. The molecule has 9 heteroatoms. The van der Waals surface area contributed by atoms with E-state index in [1.807, 2.05) is 0 Å². The van der Waals surface area contributed by atoms with E-state index < -0.39 is 11.6 Å². The van der Waals surface area contributed by atoms with Gasteiger partial charge in [0.25, 0.3) is 0 Å². The Morgan fingerprint density at radius 1 is 1.07 bits per heavy atom. The molecule has 1 N–H and O–H groups in total. The molecule has 2 aromatic heterocycles. The highest BCUT2D eigenvalue weighted by molar-refractivity contribution is 5.80. The Balaban J connectivity index is 1.73. The maximum Gasteiger partial charge on any atom is 0.177 e. The van der Waals surface area contributed by atoms with Crippen molar-refractivity contribution in [3.8, 4) is 11.8 Å². The van der Waals surface area contributed by atoms with Crippen molar-refractivity contribution in [2.75, 3.05) is 0 Å². The molecule has 0 unspecified atom stereocenters. The summed E-state index contributed by atoms with van der Waals surface area (Å²) in [6.45, 7) is 0. The minimum Gasteiger partial charge on any atom is -0.283 e. The number of hydrogen-bond donors (Lipinski definition) is 1. The highest BCUT2D eigenvalue weighted by Crippen LogP contribution is 2.14. The van der Waals surface area contributed by atoms with E-state index in [1.165, 1.54) is 24.9 Å². The maximum atomic E-state index is 13.7. The minimum atomic E-state index is -0.755. The van der Waals surface area contributed by atoms with Crippen molar-refractivity contribution in [3.05, 3.63) is 83.4 Å². The van der Waals surface area contributed by atoms with Crippen LogP contribution in [0.15, 0.2) is 60.2 Å².